The number of β-lactam (4-membered cyclic amide) rings is 1. The van der Waals surface area contributed by atoms with E-state index >= 15 is 0 Å². The molecule has 3 heterocycles. The van der Waals surface area contributed by atoms with Crippen LogP contribution in [0.25, 0.3) is 33.4 Å². The average molecular weight is 903 g/mol. The van der Waals surface area contributed by atoms with Gasteiger partial charge < -0.3 is 33.8 Å². The molecule has 2 amide bonds. The van der Waals surface area contributed by atoms with Crippen molar-refractivity contribution in [3.8, 4) is 39.7 Å². The highest BCUT2D eigenvalue weighted by Gasteiger charge is 2.54. The molecule has 1 aliphatic carbocycles. The van der Waals surface area contributed by atoms with Gasteiger partial charge in [0.2, 0.25) is 5.91 Å². The number of methoxy groups -OCH3 is 1. The summed E-state index contributed by atoms with van der Waals surface area (Å²) in [5.41, 5.74) is 6.27. The fourth-order valence-corrected chi connectivity index (χ4v) is 8.42. The summed E-state index contributed by atoms with van der Waals surface area (Å²) in [5, 5.41) is 13.2. The lowest BCUT2D eigenvalue weighted by Gasteiger charge is -2.49. The number of hydrogen-bond donors (Lipinski definition) is 2. The molecule has 1 saturated heterocycles. The van der Waals surface area contributed by atoms with Gasteiger partial charge in [0.25, 0.3) is 5.91 Å². The van der Waals surface area contributed by atoms with Crippen LogP contribution in [0.4, 0.5) is 0 Å². The average Bonchev–Trinajstić information content (AvgIpc) is 3.33. The zero-order valence-electron chi connectivity index (χ0n) is 38.4. The number of aryl methyl sites for hydroxylation is 1. The third kappa shape index (κ3) is 12.2. The fourth-order valence-electron chi connectivity index (χ4n) is 7.09. The number of rotatable bonds is 12. The van der Waals surface area contributed by atoms with Gasteiger partial charge in [-0.3, -0.25) is 19.3 Å². The molecule has 342 valence electrons. The topological polar surface area (TPSA) is 162 Å². The van der Waals surface area contributed by atoms with Crippen LogP contribution in [0, 0.1) is 6.92 Å². The lowest BCUT2D eigenvalue weighted by Crippen LogP contribution is -2.70. The Bertz CT molecular complexity index is 2610. The summed E-state index contributed by atoms with van der Waals surface area (Å²) in [6.07, 6.45) is 0.877. The van der Waals surface area contributed by atoms with Crippen molar-refractivity contribution in [1.82, 2.24) is 10.2 Å². The maximum atomic E-state index is 13.1. The van der Waals surface area contributed by atoms with Gasteiger partial charge in [0.1, 0.15) is 65.2 Å². The van der Waals surface area contributed by atoms with E-state index in [2.05, 4.69) is 5.32 Å². The van der Waals surface area contributed by atoms with Gasteiger partial charge in [0.05, 0.1) is 13.5 Å². The Labute approximate surface area is 384 Å². The van der Waals surface area contributed by atoms with Crippen molar-refractivity contribution in [2.45, 2.75) is 79.8 Å². The molecule has 13 heteroatoms. The number of carboxylic acid groups (broad SMARTS) is 1. The van der Waals surface area contributed by atoms with Crippen LogP contribution in [-0.4, -0.2) is 65.0 Å². The summed E-state index contributed by atoms with van der Waals surface area (Å²) < 4.78 is 23.8. The predicted octanol–water partition coefficient (Wildman–Crippen LogP) is 10.1. The van der Waals surface area contributed by atoms with Crippen molar-refractivity contribution < 1.29 is 42.9 Å². The summed E-state index contributed by atoms with van der Waals surface area (Å²) >= 11 is 1.39. The van der Waals surface area contributed by atoms with Gasteiger partial charge in [-0.25, -0.2) is 4.79 Å². The minimum Gasteiger partial charge on any atom is -0.497 e. The summed E-state index contributed by atoms with van der Waals surface area (Å²) in [6.45, 7) is 15.7. The molecule has 2 N–H and O–H groups in total. The maximum Gasteiger partial charge on any atom is 0.352 e. The minimum atomic E-state index is -1.22. The summed E-state index contributed by atoms with van der Waals surface area (Å²) in [4.78, 5) is 60.4. The van der Waals surface area contributed by atoms with Crippen molar-refractivity contribution in [3.63, 3.8) is 0 Å². The number of fused-ring (bicyclic) bond motifs is 3. The molecule has 4 aromatic carbocycles. The molecule has 8 rings (SSSR count). The third-order valence-corrected chi connectivity index (χ3v) is 11.2. The predicted molar refractivity (Wildman–Crippen MR) is 258 cm³/mol. The van der Waals surface area contributed by atoms with E-state index < -0.39 is 23.3 Å². The highest BCUT2D eigenvalue weighted by molar-refractivity contribution is 8.00. The largest absolute Gasteiger partial charge is 0.497 e. The van der Waals surface area contributed by atoms with Crippen LogP contribution >= 0.6 is 11.8 Å². The van der Waals surface area contributed by atoms with Crippen LogP contribution in [-0.2, 0) is 32.2 Å². The van der Waals surface area contributed by atoms with Crippen LogP contribution in [0.2, 0.25) is 0 Å². The first kappa shape index (κ1) is 50.8. The Morgan fingerprint density at radius 1 is 0.800 bits per heavy atom. The SMILES string of the molecule is CC.CC.CC.CC=O.COc1ccc(-c2c3ccc(=O)cc-3oc3cc(OCc4ccc(OCC5=C(C(=O)O)N6C(=O)C(NC(=O)Cc7ccccc7)C6SC5)cc4)ccc23)c(C)c1. The minimum absolute atomic E-state index is 0.0207. The van der Waals surface area contributed by atoms with Gasteiger partial charge in [-0.15, -0.1) is 11.8 Å². The Balaban J connectivity index is 0.000000963. The number of nitrogens with zero attached hydrogens (tertiary/aromatic N) is 1. The molecule has 0 saturated carbocycles. The number of hydrogen-bond acceptors (Lipinski definition) is 10. The van der Waals surface area contributed by atoms with Crippen molar-refractivity contribution in [3.05, 3.63) is 147 Å². The molecular formula is C52H58N2O10S. The van der Waals surface area contributed by atoms with Crippen LogP contribution in [0.15, 0.2) is 130 Å². The van der Waals surface area contributed by atoms with Gasteiger partial charge in [-0.1, -0.05) is 90.1 Å². The Morgan fingerprint density at radius 2 is 1.43 bits per heavy atom. The van der Waals surface area contributed by atoms with Gasteiger partial charge in [0.15, 0.2) is 5.43 Å². The zero-order valence-corrected chi connectivity index (χ0v) is 39.2. The number of nitrogens with one attached hydrogen (secondary N) is 1. The van der Waals surface area contributed by atoms with Crippen molar-refractivity contribution in [1.29, 1.82) is 0 Å². The standard InChI is InChI=1S/C44H36N2O9S.C2H4O.3C2H6/c1-25-18-31(52-2)13-16-33(25)39-34-15-10-29(47)20-36(34)55-37-21-32(14-17-35(37)39)53-22-27-8-11-30(12-9-27)54-23-28-24-56-43-40(42(49)46(43)41(28)44(50)51)45-38(48)19-26-6-4-3-5-7-26;1-2-3;3*1-2/h3-18,20-21,40,43H,19,22-24H2,1-2H3,(H,45,48)(H,50,51);2H,1H3;3*1-2H3. The monoisotopic (exact) mass is 902 g/mol. The van der Waals surface area contributed by atoms with Crippen LogP contribution in [0.5, 0.6) is 17.2 Å². The number of ether oxygens (including phenoxy) is 3. The van der Waals surface area contributed by atoms with Crippen LogP contribution in [0.1, 0.15) is 65.2 Å². The van der Waals surface area contributed by atoms with E-state index in [1.165, 1.54) is 35.7 Å². The molecule has 0 bridgehead atoms. The molecule has 2 unspecified atom stereocenters. The Kier molecular flexibility index (Phi) is 19.4. The first-order valence-electron chi connectivity index (χ1n) is 21.7. The molecular weight excluding hydrogens is 845 g/mol. The molecule has 1 fully saturated rings. The fraction of sp³-hybridized carbons (Fsp3) is 0.288. The highest BCUT2D eigenvalue weighted by Crippen LogP contribution is 2.43. The quantitative estimate of drug-likeness (QED) is 0.0683. The van der Waals surface area contributed by atoms with E-state index in [9.17, 15) is 24.3 Å². The molecule has 12 nitrogen and oxygen atoms in total. The first-order valence-corrected chi connectivity index (χ1v) is 22.8. The second-order valence-corrected chi connectivity index (χ2v) is 14.9. The lowest BCUT2D eigenvalue weighted by atomic mass is 9.91. The van der Waals surface area contributed by atoms with E-state index in [0.29, 0.717) is 34.2 Å². The van der Waals surface area contributed by atoms with Gasteiger partial charge in [-0.2, -0.15) is 0 Å². The molecule has 0 aromatic heterocycles. The van der Waals surface area contributed by atoms with Crippen molar-refractivity contribution in [2.24, 2.45) is 0 Å². The molecule has 0 radical (unpaired) electrons. The Hall–Kier alpha value is -6.86. The van der Waals surface area contributed by atoms with Gasteiger partial charge in [-0.05, 0) is 84.6 Å². The number of aliphatic carboxylic acids is 1. The second-order valence-electron chi connectivity index (χ2n) is 13.8. The van der Waals surface area contributed by atoms with Crippen molar-refractivity contribution in [2.75, 3.05) is 19.5 Å². The number of benzene rings is 5. The number of thioether (sulfide) groups is 1. The number of carbonyl (C=O) groups excluding carboxylic acids is 3. The third-order valence-electron chi connectivity index (χ3n) is 9.88. The molecule has 0 spiro atoms. The van der Waals surface area contributed by atoms with Crippen LogP contribution in [0.3, 0.4) is 0 Å². The molecule has 4 aromatic rings. The summed E-state index contributed by atoms with van der Waals surface area (Å²) in [5.74, 6) is 0.692. The second kappa shape index (κ2) is 24.8. The molecule has 3 aliphatic heterocycles. The van der Waals surface area contributed by atoms with E-state index in [1.54, 1.807) is 25.3 Å². The number of carbonyl (C=O) groups is 4. The van der Waals surface area contributed by atoms with E-state index in [1.807, 2.05) is 127 Å². The number of amides is 2. The van der Waals surface area contributed by atoms with Gasteiger partial charge >= 0.3 is 5.97 Å². The molecule has 65 heavy (non-hydrogen) atoms. The van der Waals surface area contributed by atoms with Crippen LogP contribution < -0.4 is 25.0 Å². The normalized spacial score (nSPS) is 14.5. The summed E-state index contributed by atoms with van der Waals surface area (Å²) in [6, 6.07) is 32.1. The van der Waals surface area contributed by atoms with E-state index in [-0.39, 0.29) is 36.7 Å². The van der Waals surface area contributed by atoms with E-state index in [4.69, 9.17) is 23.4 Å². The number of carboxylic acids is 1. The van der Waals surface area contributed by atoms with Gasteiger partial charge in [0, 0.05) is 40.0 Å². The van der Waals surface area contributed by atoms with Crippen molar-refractivity contribution >= 4 is 46.8 Å². The van der Waals surface area contributed by atoms with E-state index in [0.717, 1.165) is 50.8 Å². The smallest absolute Gasteiger partial charge is 0.352 e. The maximum absolute atomic E-state index is 13.1. The summed E-state index contributed by atoms with van der Waals surface area (Å²) in [7, 11) is 1.63. The molecule has 2 atom stereocenters. The Morgan fingerprint density at radius 3 is 2.08 bits per heavy atom. The number of aldehydes is 1. The lowest BCUT2D eigenvalue weighted by molar-refractivity contribution is -0.150. The molecule has 4 aliphatic rings. The highest BCUT2D eigenvalue weighted by atomic mass is 32.2. The zero-order chi connectivity index (χ0) is 47.6. The first-order chi connectivity index (χ1) is 31.6.